The Labute approximate surface area is 118 Å². The van der Waals surface area contributed by atoms with E-state index in [9.17, 15) is 0 Å². The first-order chi connectivity index (χ1) is 9.10. The van der Waals surface area contributed by atoms with Crippen LogP contribution in [0.25, 0.3) is 0 Å². The molecule has 0 unspecified atom stereocenters. The monoisotopic (exact) mass is 276 g/mol. The first-order valence-corrected chi connectivity index (χ1v) is 6.79. The number of rotatable bonds is 4. The summed E-state index contributed by atoms with van der Waals surface area (Å²) in [7, 11) is 0. The fourth-order valence-corrected chi connectivity index (χ4v) is 2.07. The molecule has 0 atom stereocenters. The van der Waals surface area contributed by atoms with Crippen molar-refractivity contribution in [2.75, 3.05) is 0 Å². The first kappa shape index (κ1) is 13.8. The topological polar surface area (TPSA) is 35.0 Å². The zero-order valence-electron chi connectivity index (χ0n) is 11.4. The molecule has 0 aliphatic rings. The number of ether oxygens (including phenoxy) is 1. The summed E-state index contributed by atoms with van der Waals surface area (Å²) in [5, 5.41) is 0. The van der Waals surface area contributed by atoms with Crippen molar-refractivity contribution in [3.05, 3.63) is 47.3 Å². The van der Waals surface area contributed by atoms with Gasteiger partial charge in [-0.05, 0) is 36.1 Å². The standard InChI is InChI=1S/C15H17ClN2O/c1-10(2)14-5-4-13(6-11(14)3)19-15-17-8-12(7-16)9-18-15/h4-6,8-10H,7H2,1-3H3. The van der Waals surface area contributed by atoms with E-state index in [1.807, 2.05) is 12.1 Å². The molecule has 0 saturated carbocycles. The molecule has 100 valence electrons. The van der Waals surface area contributed by atoms with Crippen LogP contribution < -0.4 is 4.74 Å². The van der Waals surface area contributed by atoms with E-state index in [0.717, 1.165) is 11.3 Å². The van der Waals surface area contributed by atoms with E-state index in [2.05, 4.69) is 36.8 Å². The van der Waals surface area contributed by atoms with Crippen LogP contribution in [0.2, 0.25) is 0 Å². The van der Waals surface area contributed by atoms with E-state index in [0.29, 0.717) is 17.8 Å². The Morgan fingerprint density at radius 3 is 2.42 bits per heavy atom. The SMILES string of the molecule is Cc1cc(Oc2ncc(CCl)cn2)ccc1C(C)C. The van der Waals surface area contributed by atoms with Crippen molar-refractivity contribution in [2.24, 2.45) is 0 Å². The van der Waals surface area contributed by atoms with Gasteiger partial charge in [-0.3, -0.25) is 0 Å². The molecular weight excluding hydrogens is 260 g/mol. The second-order valence-corrected chi connectivity index (χ2v) is 5.05. The van der Waals surface area contributed by atoms with Gasteiger partial charge in [0.15, 0.2) is 0 Å². The molecule has 2 rings (SSSR count). The van der Waals surface area contributed by atoms with Gasteiger partial charge in [0, 0.05) is 18.0 Å². The summed E-state index contributed by atoms with van der Waals surface area (Å²) in [6.07, 6.45) is 3.34. The Bertz CT molecular complexity index is 553. The Balaban J connectivity index is 2.16. The molecule has 0 aliphatic heterocycles. The Hall–Kier alpha value is -1.61. The summed E-state index contributed by atoms with van der Waals surface area (Å²) in [6.45, 7) is 6.44. The van der Waals surface area contributed by atoms with Gasteiger partial charge in [-0.15, -0.1) is 11.6 Å². The van der Waals surface area contributed by atoms with E-state index in [1.54, 1.807) is 12.4 Å². The van der Waals surface area contributed by atoms with Crippen LogP contribution >= 0.6 is 11.6 Å². The first-order valence-electron chi connectivity index (χ1n) is 6.25. The molecule has 0 aliphatic carbocycles. The maximum Gasteiger partial charge on any atom is 0.321 e. The predicted octanol–water partition coefficient (Wildman–Crippen LogP) is 4.44. The maximum atomic E-state index is 5.69. The van der Waals surface area contributed by atoms with Crippen molar-refractivity contribution in [2.45, 2.75) is 32.6 Å². The van der Waals surface area contributed by atoms with Gasteiger partial charge in [0.25, 0.3) is 0 Å². The number of alkyl halides is 1. The van der Waals surface area contributed by atoms with Gasteiger partial charge >= 0.3 is 6.01 Å². The molecule has 1 aromatic carbocycles. The third-order valence-corrected chi connectivity index (χ3v) is 3.22. The highest BCUT2D eigenvalue weighted by atomic mass is 35.5. The van der Waals surface area contributed by atoms with Gasteiger partial charge in [-0.2, -0.15) is 0 Å². The summed E-state index contributed by atoms with van der Waals surface area (Å²) in [4.78, 5) is 8.23. The number of halogens is 1. The second-order valence-electron chi connectivity index (χ2n) is 4.78. The van der Waals surface area contributed by atoms with Crippen LogP contribution in [0.5, 0.6) is 11.8 Å². The largest absolute Gasteiger partial charge is 0.424 e. The lowest BCUT2D eigenvalue weighted by molar-refractivity contribution is 0.440. The van der Waals surface area contributed by atoms with Gasteiger partial charge in [0.05, 0.1) is 5.88 Å². The highest BCUT2D eigenvalue weighted by Gasteiger charge is 2.06. The maximum absolute atomic E-state index is 5.69. The molecule has 0 radical (unpaired) electrons. The van der Waals surface area contributed by atoms with Crippen molar-refractivity contribution in [1.29, 1.82) is 0 Å². The second kappa shape index (κ2) is 6.02. The minimum Gasteiger partial charge on any atom is -0.424 e. The van der Waals surface area contributed by atoms with Crippen LogP contribution in [0.15, 0.2) is 30.6 Å². The number of benzene rings is 1. The van der Waals surface area contributed by atoms with E-state index >= 15 is 0 Å². The molecule has 0 saturated heterocycles. The van der Waals surface area contributed by atoms with Crippen molar-refractivity contribution >= 4 is 11.6 Å². The Morgan fingerprint density at radius 1 is 1.21 bits per heavy atom. The normalized spacial score (nSPS) is 10.8. The van der Waals surface area contributed by atoms with E-state index in [-0.39, 0.29) is 0 Å². The van der Waals surface area contributed by atoms with Crippen molar-refractivity contribution in [1.82, 2.24) is 9.97 Å². The lowest BCUT2D eigenvalue weighted by Gasteiger charge is -2.11. The van der Waals surface area contributed by atoms with Gasteiger partial charge in [0.2, 0.25) is 0 Å². The van der Waals surface area contributed by atoms with Crippen LogP contribution in [-0.4, -0.2) is 9.97 Å². The fourth-order valence-electron chi connectivity index (χ4n) is 1.93. The van der Waals surface area contributed by atoms with Crippen molar-refractivity contribution < 1.29 is 4.74 Å². The van der Waals surface area contributed by atoms with E-state index in [1.165, 1.54) is 11.1 Å². The van der Waals surface area contributed by atoms with E-state index in [4.69, 9.17) is 16.3 Å². The number of hydrogen-bond acceptors (Lipinski definition) is 3. The molecule has 0 amide bonds. The Kier molecular flexibility index (Phi) is 4.38. The van der Waals surface area contributed by atoms with Crippen LogP contribution in [0.4, 0.5) is 0 Å². The average Bonchev–Trinajstić information content (AvgIpc) is 2.39. The van der Waals surface area contributed by atoms with Crippen molar-refractivity contribution in [3.8, 4) is 11.8 Å². The average molecular weight is 277 g/mol. The third kappa shape index (κ3) is 3.44. The van der Waals surface area contributed by atoms with Crippen LogP contribution in [0.1, 0.15) is 36.5 Å². The molecule has 0 spiro atoms. The fraction of sp³-hybridized carbons (Fsp3) is 0.333. The molecule has 2 aromatic rings. The molecule has 1 aromatic heterocycles. The molecule has 4 heteroatoms. The lowest BCUT2D eigenvalue weighted by Crippen LogP contribution is -1.95. The molecule has 0 N–H and O–H groups in total. The number of aryl methyl sites for hydroxylation is 1. The van der Waals surface area contributed by atoms with Crippen LogP contribution in [-0.2, 0) is 5.88 Å². The van der Waals surface area contributed by atoms with Gasteiger partial charge in [-0.1, -0.05) is 19.9 Å². The summed E-state index contributed by atoms with van der Waals surface area (Å²) >= 11 is 5.69. The van der Waals surface area contributed by atoms with Gasteiger partial charge in [-0.25, -0.2) is 9.97 Å². The molecular formula is C15H17ClN2O. The van der Waals surface area contributed by atoms with Gasteiger partial charge < -0.3 is 4.74 Å². The Morgan fingerprint density at radius 2 is 1.89 bits per heavy atom. The predicted molar refractivity (Wildman–Crippen MR) is 76.9 cm³/mol. The molecule has 0 fully saturated rings. The minimum absolute atomic E-state index is 0.338. The summed E-state index contributed by atoms with van der Waals surface area (Å²) < 4.78 is 5.63. The third-order valence-electron chi connectivity index (χ3n) is 2.91. The molecule has 0 bridgehead atoms. The highest BCUT2D eigenvalue weighted by molar-refractivity contribution is 6.17. The summed E-state index contributed by atoms with van der Waals surface area (Å²) in [5.41, 5.74) is 3.41. The minimum atomic E-state index is 0.338. The summed E-state index contributed by atoms with van der Waals surface area (Å²) in [5.74, 6) is 1.66. The number of aromatic nitrogens is 2. The van der Waals surface area contributed by atoms with Crippen LogP contribution in [0, 0.1) is 6.92 Å². The number of hydrogen-bond donors (Lipinski definition) is 0. The highest BCUT2D eigenvalue weighted by Crippen LogP contribution is 2.25. The molecule has 1 heterocycles. The molecule has 3 nitrogen and oxygen atoms in total. The molecule has 19 heavy (non-hydrogen) atoms. The van der Waals surface area contributed by atoms with Crippen molar-refractivity contribution in [3.63, 3.8) is 0 Å². The number of nitrogens with zero attached hydrogens (tertiary/aromatic N) is 2. The quantitative estimate of drug-likeness (QED) is 0.775. The smallest absolute Gasteiger partial charge is 0.321 e. The van der Waals surface area contributed by atoms with E-state index < -0.39 is 0 Å². The zero-order valence-corrected chi connectivity index (χ0v) is 12.1. The lowest BCUT2D eigenvalue weighted by atomic mass is 9.98. The zero-order chi connectivity index (χ0) is 13.8. The van der Waals surface area contributed by atoms with Gasteiger partial charge in [0.1, 0.15) is 5.75 Å². The summed E-state index contributed by atoms with van der Waals surface area (Å²) in [6, 6.07) is 6.38. The van der Waals surface area contributed by atoms with Crippen LogP contribution in [0.3, 0.4) is 0 Å².